The van der Waals surface area contributed by atoms with Crippen molar-refractivity contribution in [3.8, 4) is 11.8 Å². The minimum atomic E-state index is -0.166. The molecule has 1 N–H and O–H groups in total. The molecular formula is C11H18O3. The molecule has 3 nitrogen and oxygen atoms in total. The Kier molecular flexibility index (Phi) is 9.35. The molecule has 0 saturated carbocycles. The average Bonchev–Trinajstić information content (AvgIpc) is 2.19. The third kappa shape index (κ3) is 9.08. The Morgan fingerprint density at radius 2 is 2.14 bits per heavy atom. The van der Waals surface area contributed by atoms with Gasteiger partial charge in [0.1, 0.15) is 0 Å². The van der Waals surface area contributed by atoms with Gasteiger partial charge < -0.3 is 9.84 Å². The number of carbonyl (C=O) groups excluding carboxylic acids is 1. The van der Waals surface area contributed by atoms with Gasteiger partial charge in [-0.25, -0.2) is 0 Å². The number of hydrogen-bond donors (Lipinski definition) is 1. The minimum absolute atomic E-state index is 0.156. The zero-order valence-corrected chi connectivity index (χ0v) is 8.71. The van der Waals surface area contributed by atoms with Gasteiger partial charge in [0.25, 0.3) is 0 Å². The zero-order valence-electron chi connectivity index (χ0n) is 8.71. The van der Waals surface area contributed by atoms with E-state index in [1.807, 2.05) is 0 Å². The molecule has 0 fully saturated rings. The van der Waals surface area contributed by atoms with E-state index in [0.717, 1.165) is 19.3 Å². The molecule has 0 atom stereocenters. The van der Waals surface area contributed by atoms with E-state index in [0.29, 0.717) is 19.4 Å². The molecule has 0 aromatic heterocycles. The highest BCUT2D eigenvalue weighted by Gasteiger charge is 2.00. The molecule has 0 aliphatic rings. The van der Waals surface area contributed by atoms with Crippen molar-refractivity contribution < 1.29 is 14.6 Å². The number of unbranched alkanes of at least 4 members (excludes halogenated alkanes) is 2. The van der Waals surface area contributed by atoms with Crippen LogP contribution < -0.4 is 0 Å². The van der Waals surface area contributed by atoms with E-state index in [1.165, 1.54) is 0 Å². The molecule has 3 heteroatoms. The van der Waals surface area contributed by atoms with Crippen LogP contribution in [0.2, 0.25) is 0 Å². The van der Waals surface area contributed by atoms with E-state index in [-0.39, 0.29) is 12.6 Å². The first kappa shape index (κ1) is 13.0. The van der Waals surface area contributed by atoms with Gasteiger partial charge in [-0.1, -0.05) is 0 Å². The highest BCUT2D eigenvalue weighted by molar-refractivity contribution is 5.69. The topological polar surface area (TPSA) is 46.5 Å². The summed E-state index contributed by atoms with van der Waals surface area (Å²) in [6.45, 7) is 2.36. The maximum absolute atomic E-state index is 11.0. The van der Waals surface area contributed by atoms with Gasteiger partial charge in [0, 0.05) is 19.4 Å². The molecule has 0 saturated heterocycles. The van der Waals surface area contributed by atoms with Crippen molar-refractivity contribution in [2.24, 2.45) is 0 Å². The van der Waals surface area contributed by atoms with Crippen molar-refractivity contribution in [1.82, 2.24) is 0 Å². The van der Waals surface area contributed by atoms with Crippen molar-refractivity contribution in [3.05, 3.63) is 0 Å². The lowest BCUT2D eigenvalue weighted by Gasteiger charge is -2.02. The summed E-state index contributed by atoms with van der Waals surface area (Å²) >= 11 is 0. The second-order valence-corrected chi connectivity index (χ2v) is 2.93. The molecule has 0 spiro atoms. The fourth-order valence-electron chi connectivity index (χ4n) is 0.918. The fourth-order valence-corrected chi connectivity index (χ4v) is 0.918. The predicted molar refractivity (Wildman–Crippen MR) is 54.6 cm³/mol. The highest BCUT2D eigenvalue weighted by Crippen LogP contribution is 1.98. The van der Waals surface area contributed by atoms with Gasteiger partial charge >= 0.3 is 5.97 Å². The van der Waals surface area contributed by atoms with Crippen molar-refractivity contribution in [2.75, 3.05) is 13.2 Å². The van der Waals surface area contributed by atoms with Crippen LogP contribution in [0.3, 0.4) is 0 Å². The Morgan fingerprint density at radius 1 is 1.36 bits per heavy atom. The van der Waals surface area contributed by atoms with Gasteiger partial charge in [-0.2, -0.15) is 0 Å². The average molecular weight is 198 g/mol. The van der Waals surface area contributed by atoms with E-state index in [1.54, 1.807) is 6.92 Å². The quantitative estimate of drug-likeness (QED) is 0.383. The molecule has 0 heterocycles. The number of aliphatic hydroxyl groups excluding tert-OH is 1. The fraction of sp³-hybridized carbons (Fsp3) is 0.727. The SMILES string of the molecule is CC#CCCCC(=O)OCCCCO. The molecule has 0 unspecified atom stereocenters. The first-order valence-corrected chi connectivity index (χ1v) is 4.97. The second kappa shape index (κ2) is 10.1. The van der Waals surface area contributed by atoms with Gasteiger partial charge in [-0.3, -0.25) is 4.79 Å². The molecule has 0 aromatic carbocycles. The molecule has 0 aromatic rings. The summed E-state index contributed by atoms with van der Waals surface area (Å²) in [5, 5.41) is 8.48. The highest BCUT2D eigenvalue weighted by atomic mass is 16.5. The molecule has 80 valence electrons. The maximum Gasteiger partial charge on any atom is 0.305 e. The van der Waals surface area contributed by atoms with E-state index in [4.69, 9.17) is 9.84 Å². The van der Waals surface area contributed by atoms with E-state index in [2.05, 4.69) is 11.8 Å². The number of esters is 1. The summed E-state index contributed by atoms with van der Waals surface area (Å²) < 4.78 is 4.93. The molecule has 0 aliphatic carbocycles. The standard InChI is InChI=1S/C11H18O3/c1-2-3-4-5-8-11(13)14-10-7-6-9-12/h12H,4-10H2,1H3. The number of carbonyl (C=O) groups is 1. The summed E-state index contributed by atoms with van der Waals surface area (Å²) in [6.07, 6.45) is 3.38. The van der Waals surface area contributed by atoms with Crippen LogP contribution in [0, 0.1) is 11.8 Å². The Labute approximate surface area is 85.5 Å². The van der Waals surface area contributed by atoms with Gasteiger partial charge in [0.15, 0.2) is 0 Å². The molecule has 14 heavy (non-hydrogen) atoms. The third-order valence-corrected chi connectivity index (χ3v) is 1.67. The third-order valence-electron chi connectivity index (χ3n) is 1.67. The van der Waals surface area contributed by atoms with Crippen LogP contribution in [0.15, 0.2) is 0 Å². The Bertz CT molecular complexity index is 200. The van der Waals surface area contributed by atoms with Crippen LogP contribution in [0.25, 0.3) is 0 Å². The summed E-state index contributed by atoms with van der Waals surface area (Å²) in [4.78, 5) is 11.0. The monoisotopic (exact) mass is 198 g/mol. The Balaban J connectivity index is 3.22. The Hall–Kier alpha value is -1.01. The molecule has 0 rings (SSSR count). The minimum Gasteiger partial charge on any atom is -0.466 e. The van der Waals surface area contributed by atoms with Crippen LogP contribution in [0.4, 0.5) is 0 Å². The van der Waals surface area contributed by atoms with Crippen molar-refractivity contribution in [3.63, 3.8) is 0 Å². The van der Waals surface area contributed by atoms with Crippen molar-refractivity contribution in [1.29, 1.82) is 0 Å². The van der Waals surface area contributed by atoms with Crippen LogP contribution in [-0.2, 0) is 9.53 Å². The lowest BCUT2D eigenvalue weighted by Crippen LogP contribution is -2.05. The lowest BCUT2D eigenvalue weighted by atomic mass is 10.2. The van der Waals surface area contributed by atoms with Crippen LogP contribution in [0.1, 0.15) is 39.0 Å². The normalized spacial score (nSPS) is 9.00. The number of aliphatic hydroxyl groups is 1. The first-order valence-electron chi connectivity index (χ1n) is 4.97. The van der Waals surface area contributed by atoms with Crippen molar-refractivity contribution in [2.45, 2.75) is 39.0 Å². The van der Waals surface area contributed by atoms with Gasteiger partial charge in [-0.05, 0) is 26.2 Å². The van der Waals surface area contributed by atoms with Gasteiger partial charge in [0.05, 0.1) is 6.61 Å². The number of rotatable bonds is 7. The molecule has 0 amide bonds. The number of ether oxygens (including phenoxy) is 1. The van der Waals surface area contributed by atoms with Crippen LogP contribution >= 0.6 is 0 Å². The smallest absolute Gasteiger partial charge is 0.305 e. The van der Waals surface area contributed by atoms with E-state index < -0.39 is 0 Å². The zero-order chi connectivity index (χ0) is 10.6. The van der Waals surface area contributed by atoms with E-state index in [9.17, 15) is 4.79 Å². The molecule has 0 bridgehead atoms. The van der Waals surface area contributed by atoms with Gasteiger partial charge in [-0.15, -0.1) is 11.8 Å². The predicted octanol–water partition coefficient (Wildman–Crippen LogP) is 1.50. The molecular weight excluding hydrogens is 180 g/mol. The summed E-state index contributed by atoms with van der Waals surface area (Å²) in [5.74, 6) is 5.49. The van der Waals surface area contributed by atoms with Gasteiger partial charge in [0.2, 0.25) is 0 Å². The van der Waals surface area contributed by atoms with Crippen LogP contribution in [0.5, 0.6) is 0 Å². The summed E-state index contributed by atoms with van der Waals surface area (Å²) in [7, 11) is 0. The maximum atomic E-state index is 11.0. The Morgan fingerprint density at radius 3 is 2.79 bits per heavy atom. The summed E-state index contributed by atoms with van der Waals surface area (Å²) in [5.41, 5.74) is 0. The number of hydrogen-bond acceptors (Lipinski definition) is 3. The van der Waals surface area contributed by atoms with E-state index >= 15 is 0 Å². The molecule has 0 radical (unpaired) electrons. The summed E-state index contributed by atoms with van der Waals surface area (Å²) in [6, 6.07) is 0. The van der Waals surface area contributed by atoms with Crippen molar-refractivity contribution >= 4 is 5.97 Å². The first-order chi connectivity index (χ1) is 6.81. The lowest BCUT2D eigenvalue weighted by molar-refractivity contribution is -0.143. The second-order valence-electron chi connectivity index (χ2n) is 2.93. The largest absolute Gasteiger partial charge is 0.466 e. The van der Waals surface area contributed by atoms with Crippen LogP contribution in [-0.4, -0.2) is 24.3 Å². The molecule has 0 aliphatic heterocycles.